The molecule has 4 nitrogen and oxygen atoms in total. The van der Waals surface area contributed by atoms with E-state index in [0.29, 0.717) is 22.3 Å². The molecule has 0 spiro atoms. The summed E-state index contributed by atoms with van der Waals surface area (Å²) < 4.78 is 2.19. The van der Waals surface area contributed by atoms with Crippen LogP contribution in [0.3, 0.4) is 0 Å². The lowest BCUT2D eigenvalue weighted by Gasteiger charge is -2.35. The Kier molecular flexibility index (Phi) is 7.63. The van der Waals surface area contributed by atoms with Gasteiger partial charge in [-0.15, -0.1) is 0 Å². The fraction of sp³-hybridized carbons (Fsp3) is 0. The predicted octanol–water partition coefficient (Wildman–Crippen LogP) is 7.44. The minimum Gasteiger partial charge on any atom is -0.309 e. The highest BCUT2D eigenvalue weighted by molar-refractivity contribution is 7.20. The number of nitrogens with zero attached hydrogens (tertiary/aromatic N) is 4. The molecule has 0 bridgehead atoms. The number of benzene rings is 7. The predicted molar refractivity (Wildman–Crippen MR) is 204 cm³/mol. The van der Waals surface area contributed by atoms with Crippen molar-refractivity contribution in [1.29, 1.82) is 15.8 Å². The van der Waals surface area contributed by atoms with Crippen LogP contribution in [0.2, 0.25) is 0 Å². The van der Waals surface area contributed by atoms with E-state index in [-0.39, 0.29) is 0 Å². The largest absolute Gasteiger partial charge is 0.309 e. The van der Waals surface area contributed by atoms with Gasteiger partial charge in [0.2, 0.25) is 0 Å². The molecule has 0 aliphatic rings. The quantitative estimate of drug-likeness (QED) is 0.138. The molecule has 7 aromatic carbocycles. The number of aromatic nitrogens is 1. The van der Waals surface area contributed by atoms with E-state index in [9.17, 15) is 15.8 Å². The standard InChI is InChI=1S/C45H28N4Si/c46-29-32-23-25-43-40(27-32)39-21-10-11-22-42(39)49(43)35-14-12-13-33(28-35)45-34(30-47)24-26-44(41(45)31-48)50(36-15-4-1-5-16-36,37-17-6-2-7-18-37)38-19-8-3-9-20-38/h1-28H. The van der Waals surface area contributed by atoms with E-state index in [1.165, 1.54) is 0 Å². The lowest BCUT2D eigenvalue weighted by atomic mass is 9.95. The average Bonchev–Trinajstić information content (AvgIpc) is 3.53. The first-order chi connectivity index (χ1) is 24.7. The molecule has 0 amide bonds. The molecule has 0 radical (unpaired) electrons. The molecule has 5 heteroatoms. The van der Waals surface area contributed by atoms with Crippen molar-refractivity contribution < 1.29 is 0 Å². The molecule has 50 heavy (non-hydrogen) atoms. The second-order valence-corrected chi connectivity index (χ2v) is 16.0. The van der Waals surface area contributed by atoms with Crippen LogP contribution in [0, 0.1) is 34.0 Å². The Bertz CT molecular complexity index is 2580. The van der Waals surface area contributed by atoms with Gasteiger partial charge in [-0.3, -0.25) is 0 Å². The third kappa shape index (κ3) is 4.72. The van der Waals surface area contributed by atoms with Crippen molar-refractivity contribution >= 4 is 50.6 Å². The van der Waals surface area contributed by atoms with Crippen LogP contribution in [0.25, 0.3) is 38.6 Å². The zero-order chi connectivity index (χ0) is 34.1. The zero-order valence-electron chi connectivity index (χ0n) is 27.0. The Labute approximate surface area is 291 Å². The van der Waals surface area contributed by atoms with Crippen LogP contribution in [0.1, 0.15) is 16.7 Å². The van der Waals surface area contributed by atoms with Crippen LogP contribution >= 0.6 is 0 Å². The fourth-order valence-corrected chi connectivity index (χ4v) is 12.5. The highest BCUT2D eigenvalue weighted by atomic mass is 28.3. The Morgan fingerprint density at radius 1 is 0.460 bits per heavy atom. The van der Waals surface area contributed by atoms with Crippen LogP contribution in [-0.2, 0) is 0 Å². The number of hydrogen-bond donors (Lipinski definition) is 0. The van der Waals surface area contributed by atoms with Crippen LogP contribution in [0.5, 0.6) is 0 Å². The summed E-state index contributed by atoms with van der Waals surface area (Å²) in [5.41, 5.74) is 5.84. The first kappa shape index (κ1) is 30.4. The number of rotatable bonds is 6. The Morgan fingerprint density at radius 2 is 1.06 bits per heavy atom. The number of nitriles is 3. The molecule has 0 unspecified atom stereocenters. The highest BCUT2D eigenvalue weighted by Gasteiger charge is 2.43. The monoisotopic (exact) mass is 652 g/mol. The zero-order valence-corrected chi connectivity index (χ0v) is 28.0. The normalized spacial score (nSPS) is 11.1. The van der Waals surface area contributed by atoms with Crippen molar-refractivity contribution in [2.75, 3.05) is 0 Å². The van der Waals surface area contributed by atoms with Crippen LogP contribution in [0.15, 0.2) is 170 Å². The van der Waals surface area contributed by atoms with Crippen LogP contribution in [0.4, 0.5) is 0 Å². The van der Waals surface area contributed by atoms with Crippen molar-refractivity contribution in [2.45, 2.75) is 0 Å². The molecule has 0 fully saturated rings. The topological polar surface area (TPSA) is 76.3 Å². The number of hydrogen-bond acceptors (Lipinski definition) is 3. The Morgan fingerprint density at radius 3 is 1.66 bits per heavy atom. The first-order valence-electron chi connectivity index (χ1n) is 16.4. The van der Waals surface area contributed by atoms with Gasteiger partial charge in [0.1, 0.15) is 0 Å². The van der Waals surface area contributed by atoms with Gasteiger partial charge < -0.3 is 4.57 Å². The molecule has 8 rings (SSSR count). The van der Waals surface area contributed by atoms with Gasteiger partial charge in [-0.1, -0.05) is 127 Å². The van der Waals surface area contributed by atoms with E-state index in [1.54, 1.807) is 0 Å². The lowest BCUT2D eigenvalue weighted by molar-refractivity contribution is 1.18. The lowest BCUT2D eigenvalue weighted by Crippen LogP contribution is -2.75. The summed E-state index contributed by atoms with van der Waals surface area (Å²) in [6, 6.07) is 64.7. The first-order valence-corrected chi connectivity index (χ1v) is 18.4. The van der Waals surface area contributed by atoms with E-state index in [1.807, 2.05) is 78.9 Å². The average molecular weight is 653 g/mol. The van der Waals surface area contributed by atoms with Gasteiger partial charge in [0, 0.05) is 22.0 Å². The molecule has 1 heterocycles. The van der Waals surface area contributed by atoms with E-state index in [4.69, 9.17) is 0 Å². The Hall–Kier alpha value is -6.97. The molecular weight excluding hydrogens is 625 g/mol. The summed E-state index contributed by atoms with van der Waals surface area (Å²) >= 11 is 0. The van der Waals surface area contributed by atoms with E-state index in [2.05, 4.69) is 114 Å². The third-order valence-electron chi connectivity index (χ3n) is 9.66. The minimum atomic E-state index is -3.08. The summed E-state index contributed by atoms with van der Waals surface area (Å²) in [6.45, 7) is 0. The van der Waals surface area contributed by atoms with Crippen molar-refractivity contribution in [3.05, 3.63) is 187 Å². The van der Waals surface area contributed by atoms with Crippen molar-refractivity contribution in [3.8, 4) is 35.0 Å². The molecule has 0 atom stereocenters. The van der Waals surface area contributed by atoms with Gasteiger partial charge in [-0.25, -0.2) is 0 Å². The smallest absolute Gasteiger partial charge is 0.180 e. The second-order valence-electron chi connectivity index (χ2n) is 12.2. The van der Waals surface area contributed by atoms with Gasteiger partial charge >= 0.3 is 0 Å². The van der Waals surface area contributed by atoms with Crippen molar-refractivity contribution in [3.63, 3.8) is 0 Å². The highest BCUT2D eigenvalue weighted by Crippen LogP contribution is 2.35. The van der Waals surface area contributed by atoms with Crippen LogP contribution in [-0.4, -0.2) is 12.6 Å². The Balaban J connectivity index is 1.44. The molecule has 8 aromatic rings. The molecular formula is C45H28N4Si. The van der Waals surface area contributed by atoms with Gasteiger partial charge in [-0.2, -0.15) is 15.8 Å². The van der Waals surface area contributed by atoms with E-state index < -0.39 is 8.07 Å². The van der Waals surface area contributed by atoms with E-state index in [0.717, 1.165) is 53.8 Å². The van der Waals surface area contributed by atoms with Gasteiger partial charge in [0.25, 0.3) is 0 Å². The number of fused-ring (bicyclic) bond motifs is 3. The summed E-state index contributed by atoms with van der Waals surface area (Å²) in [4.78, 5) is 0. The molecule has 0 N–H and O–H groups in total. The minimum absolute atomic E-state index is 0.445. The SMILES string of the molecule is N#Cc1ccc2c(c1)c1ccccc1n2-c1cccc(-c2c(C#N)ccc([Si](c3ccccc3)(c3ccccc3)c3ccccc3)c2C#N)c1. The summed E-state index contributed by atoms with van der Waals surface area (Å²) in [5.74, 6) is 0. The van der Waals surface area contributed by atoms with Gasteiger partial charge in [-0.05, 0) is 68.8 Å². The van der Waals surface area contributed by atoms with Crippen molar-refractivity contribution in [1.82, 2.24) is 4.57 Å². The maximum atomic E-state index is 11.2. The van der Waals surface area contributed by atoms with Crippen LogP contribution < -0.4 is 20.7 Å². The summed E-state index contributed by atoms with van der Waals surface area (Å²) in [5, 5.41) is 37.8. The van der Waals surface area contributed by atoms with Gasteiger partial charge in [0.15, 0.2) is 8.07 Å². The molecule has 1 aromatic heterocycles. The molecule has 0 saturated carbocycles. The molecule has 0 aliphatic heterocycles. The molecule has 232 valence electrons. The molecule has 0 aliphatic carbocycles. The molecule has 0 saturated heterocycles. The summed E-state index contributed by atoms with van der Waals surface area (Å²) in [6.07, 6.45) is 0. The maximum Gasteiger partial charge on any atom is 0.180 e. The second kappa shape index (κ2) is 12.6. The number of para-hydroxylation sites is 1. The van der Waals surface area contributed by atoms with E-state index >= 15 is 0 Å². The maximum absolute atomic E-state index is 11.2. The fourth-order valence-electron chi connectivity index (χ4n) is 7.58. The third-order valence-corrected chi connectivity index (χ3v) is 14.5. The van der Waals surface area contributed by atoms with Crippen molar-refractivity contribution in [2.24, 2.45) is 0 Å². The van der Waals surface area contributed by atoms with Gasteiger partial charge in [0.05, 0.1) is 45.9 Å². The summed E-state index contributed by atoms with van der Waals surface area (Å²) in [7, 11) is -3.08.